The summed E-state index contributed by atoms with van der Waals surface area (Å²) in [6.07, 6.45) is 1.68. The number of hydrogen-bond donors (Lipinski definition) is 1. The van der Waals surface area contributed by atoms with Gasteiger partial charge >= 0.3 is 0 Å². The molecule has 1 N–H and O–H groups in total. The van der Waals surface area contributed by atoms with Crippen LogP contribution < -0.4 is 15.1 Å². The Morgan fingerprint density at radius 1 is 1.13 bits per heavy atom. The van der Waals surface area contributed by atoms with Gasteiger partial charge in [0.25, 0.3) is 5.91 Å². The zero-order valence-electron chi connectivity index (χ0n) is 16.1. The largest absolute Gasteiger partial charge is 0.487 e. The zero-order chi connectivity index (χ0) is 21.1. The Labute approximate surface area is 184 Å². The van der Waals surface area contributed by atoms with Crippen LogP contribution in [0.1, 0.15) is 10.4 Å². The van der Waals surface area contributed by atoms with Gasteiger partial charge in [-0.2, -0.15) is 4.98 Å². The molecule has 0 unspecified atom stereocenters. The molecule has 2 heterocycles. The molecule has 0 aliphatic carbocycles. The van der Waals surface area contributed by atoms with Crippen LogP contribution >= 0.6 is 23.2 Å². The Bertz CT molecular complexity index is 1040. The van der Waals surface area contributed by atoms with E-state index in [2.05, 4.69) is 20.3 Å². The molecule has 1 aromatic heterocycles. The van der Waals surface area contributed by atoms with Gasteiger partial charge in [-0.3, -0.25) is 15.2 Å². The lowest BCUT2D eigenvalue weighted by Crippen LogP contribution is -2.54. The number of anilines is 2. The number of nitrogens with zero attached hydrogens (tertiary/aromatic N) is 4. The molecule has 30 heavy (non-hydrogen) atoms. The first-order valence-corrected chi connectivity index (χ1v) is 10.0. The van der Waals surface area contributed by atoms with Crippen LogP contribution in [0.15, 0.2) is 60.8 Å². The quantitative estimate of drug-likeness (QED) is 0.576. The molecule has 9 heteroatoms. The van der Waals surface area contributed by atoms with Gasteiger partial charge in [0.15, 0.2) is 0 Å². The van der Waals surface area contributed by atoms with E-state index in [1.165, 1.54) is 5.01 Å². The fraction of sp³-hybridized carbons (Fsp3) is 0.190. The Balaban J connectivity index is 1.34. The van der Waals surface area contributed by atoms with Crippen molar-refractivity contribution in [3.8, 4) is 5.75 Å². The van der Waals surface area contributed by atoms with Crippen LogP contribution in [0.25, 0.3) is 0 Å². The van der Waals surface area contributed by atoms with Crippen molar-refractivity contribution in [3.05, 3.63) is 76.4 Å². The highest BCUT2D eigenvalue weighted by Crippen LogP contribution is 2.29. The predicted octanol–water partition coefficient (Wildman–Crippen LogP) is 4.15. The van der Waals surface area contributed by atoms with E-state index in [4.69, 9.17) is 27.9 Å². The summed E-state index contributed by atoms with van der Waals surface area (Å²) in [6, 6.07) is 16.0. The molecular formula is C21H19Cl2N5O2. The number of hydrogen-bond acceptors (Lipinski definition) is 6. The summed E-state index contributed by atoms with van der Waals surface area (Å²) in [5.41, 5.74) is 3.50. The first kappa shape index (κ1) is 20.3. The van der Waals surface area contributed by atoms with Gasteiger partial charge in [0.1, 0.15) is 17.7 Å². The van der Waals surface area contributed by atoms with E-state index in [1.807, 2.05) is 24.3 Å². The second-order valence-electron chi connectivity index (χ2n) is 6.80. The normalized spacial score (nSPS) is 13.5. The maximum atomic E-state index is 12.5. The molecule has 7 nitrogen and oxygen atoms in total. The lowest BCUT2D eigenvalue weighted by Gasteiger charge is -2.39. The van der Waals surface area contributed by atoms with Crippen LogP contribution in [-0.2, 0) is 0 Å². The minimum Gasteiger partial charge on any atom is -0.487 e. The summed E-state index contributed by atoms with van der Waals surface area (Å²) in [4.78, 5) is 23.2. The molecule has 1 saturated heterocycles. The standard InChI is InChI=1S/C21H19Cl2N5O2/c1-27(20(29)14-5-3-2-4-6-14)26-21-24-10-9-19(25-21)28-12-16(13-28)30-15-7-8-17(22)18(23)11-15/h2-11,16H,12-13H2,1H3,(H,24,25,26). The minimum absolute atomic E-state index is 0.0240. The number of rotatable bonds is 6. The number of carbonyl (C=O) groups excluding carboxylic acids is 1. The van der Waals surface area contributed by atoms with E-state index in [9.17, 15) is 4.79 Å². The summed E-state index contributed by atoms with van der Waals surface area (Å²) < 4.78 is 5.92. The Kier molecular flexibility index (Phi) is 5.92. The molecule has 3 aromatic rings. The van der Waals surface area contributed by atoms with Crippen molar-refractivity contribution in [3.63, 3.8) is 0 Å². The highest BCUT2D eigenvalue weighted by atomic mass is 35.5. The SMILES string of the molecule is CN(Nc1nccc(N2CC(Oc3ccc(Cl)c(Cl)c3)C2)n1)C(=O)c1ccccc1. The number of ether oxygens (including phenoxy) is 1. The molecular weight excluding hydrogens is 425 g/mol. The van der Waals surface area contributed by atoms with Crippen LogP contribution in [-0.4, -0.2) is 47.1 Å². The molecule has 0 saturated carbocycles. The third-order valence-corrected chi connectivity index (χ3v) is 5.34. The maximum Gasteiger partial charge on any atom is 0.272 e. The molecule has 4 rings (SSSR count). The molecule has 154 valence electrons. The van der Waals surface area contributed by atoms with Crippen molar-refractivity contribution in [1.82, 2.24) is 15.0 Å². The summed E-state index contributed by atoms with van der Waals surface area (Å²) >= 11 is 12.0. The topological polar surface area (TPSA) is 70.6 Å². The van der Waals surface area contributed by atoms with Gasteiger partial charge in [-0.25, -0.2) is 4.98 Å². The highest BCUT2D eigenvalue weighted by molar-refractivity contribution is 6.42. The van der Waals surface area contributed by atoms with Gasteiger partial charge in [-0.15, -0.1) is 0 Å². The fourth-order valence-electron chi connectivity index (χ4n) is 3.00. The van der Waals surface area contributed by atoms with Gasteiger partial charge < -0.3 is 9.64 Å². The van der Waals surface area contributed by atoms with Crippen molar-refractivity contribution in [2.75, 3.05) is 30.5 Å². The van der Waals surface area contributed by atoms with Crippen molar-refractivity contribution < 1.29 is 9.53 Å². The van der Waals surface area contributed by atoms with Crippen molar-refractivity contribution >= 4 is 40.9 Å². The highest BCUT2D eigenvalue weighted by Gasteiger charge is 2.30. The number of benzene rings is 2. The number of halogens is 2. The van der Waals surface area contributed by atoms with E-state index < -0.39 is 0 Å². The zero-order valence-corrected chi connectivity index (χ0v) is 17.6. The minimum atomic E-state index is -0.177. The smallest absolute Gasteiger partial charge is 0.272 e. The van der Waals surface area contributed by atoms with Crippen LogP contribution in [0.3, 0.4) is 0 Å². The van der Waals surface area contributed by atoms with E-state index >= 15 is 0 Å². The molecule has 1 aliphatic rings. The van der Waals surface area contributed by atoms with E-state index in [-0.39, 0.29) is 12.0 Å². The lowest BCUT2D eigenvalue weighted by molar-refractivity contribution is 0.0825. The predicted molar refractivity (Wildman–Crippen MR) is 117 cm³/mol. The Morgan fingerprint density at radius 2 is 1.90 bits per heavy atom. The molecule has 0 spiro atoms. The summed E-state index contributed by atoms with van der Waals surface area (Å²) in [5, 5.41) is 2.32. The van der Waals surface area contributed by atoms with Gasteiger partial charge in [0.05, 0.1) is 23.1 Å². The third-order valence-electron chi connectivity index (χ3n) is 4.60. The summed E-state index contributed by atoms with van der Waals surface area (Å²) in [5.74, 6) is 1.60. The van der Waals surface area contributed by atoms with Gasteiger partial charge in [0, 0.05) is 24.9 Å². The monoisotopic (exact) mass is 443 g/mol. The molecule has 0 bridgehead atoms. The first-order chi connectivity index (χ1) is 14.5. The average molecular weight is 444 g/mol. The number of carbonyl (C=O) groups is 1. The second kappa shape index (κ2) is 8.77. The van der Waals surface area contributed by atoms with E-state index in [0.717, 1.165) is 5.82 Å². The maximum absolute atomic E-state index is 12.5. The summed E-state index contributed by atoms with van der Waals surface area (Å²) in [7, 11) is 1.64. The van der Waals surface area contributed by atoms with Crippen molar-refractivity contribution in [2.24, 2.45) is 0 Å². The fourth-order valence-corrected chi connectivity index (χ4v) is 3.28. The van der Waals surface area contributed by atoms with Gasteiger partial charge in [-0.1, -0.05) is 41.4 Å². The molecule has 0 radical (unpaired) electrons. The number of hydrazine groups is 1. The van der Waals surface area contributed by atoms with Crippen molar-refractivity contribution in [2.45, 2.75) is 6.10 Å². The third kappa shape index (κ3) is 4.58. The molecule has 0 atom stereocenters. The first-order valence-electron chi connectivity index (χ1n) is 9.29. The molecule has 2 aromatic carbocycles. The Morgan fingerprint density at radius 3 is 2.63 bits per heavy atom. The summed E-state index contributed by atoms with van der Waals surface area (Å²) in [6.45, 7) is 1.35. The van der Waals surface area contributed by atoms with Gasteiger partial charge in [0.2, 0.25) is 5.95 Å². The number of aromatic nitrogens is 2. The molecule has 1 aliphatic heterocycles. The second-order valence-corrected chi connectivity index (χ2v) is 7.62. The number of nitrogens with one attached hydrogen (secondary N) is 1. The van der Waals surface area contributed by atoms with E-state index in [1.54, 1.807) is 43.6 Å². The van der Waals surface area contributed by atoms with Crippen LogP contribution in [0.4, 0.5) is 11.8 Å². The van der Waals surface area contributed by atoms with Crippen molar-refractivity contribution in [1.29, 1.82) is 0 Å². The van der Waals surface area contributed by atoms with E-state index in [0.29, 0.717) is 40.4 Å². The Hall–Kier alpha value is -3.03. The van der Waals surface area contributed by atoms with Crippen LogP contribution in [0.2, 0.25) is 10.0 Å². The molecule has 1 amide bonds. The van der Waals surface area contributed by atoms with Crippen LogP contribution in [0.5, 0.6) is 5.75 Å². The van der Waals surface area contributed by atoms with Gasteiger partial charge in [-0.05, 0) is 30.3 Å². The van der Waals surface area contributed by atoms with Crippen LogP contribution in [0, 0.1) is 0 Å². The average Bonchev–Trinajstić information content (AvgIpc) is 2.73. The number of amides is 1. The molecule has 1 fully saturated rings. The lowest BCUT2D eigenvalue weighted by atomic mass is 10.1.